The van der Waals surface area contributed by atoms with Gasteiger partial charge in [0.2, 0.25) is 0 Å². The van der Waals surface area contributed by atoms with Crippen molar-refractivity contribution in [2.45, 2.75) is 13.0 Å². The Balaban J connectivity index is 1.51. The summed E-state index contributed by atoms with van der Waals surface area (Å²) in [6, 6.07) is 10.9. The molecule has 9 heteroatoms. The highest BCUT2D eigenvalue weighted by Gasteiger charge is 2.12. The smallest absolute Gasteiger partial charge is 0.328 e. The van der Waals surface area contributed by atoms with Crippen molar-refractivity contribution in [1.29, 1.82) is 0 Å². The molecule has 4 rings (SSSR count). The lowest BCUT2D eigenvalue weighted by Gasteiger charge is -2.16. The van der Waals surface area contributed by atoms with Crippen LogP contribution < -0.4 is 16.3 Å². The third kappa shape index (κ3) is 3.84. The molecule has 3 heterocycles. The molecule has 3 aromatic heterocycles. The summed E-state index contributed by atoms with van der Waals surface area (Å²) < 4.78 is 1.41. The van der Waals surface area contributed by atoms with Crippen LogP contribution in [0.4, 0.5) is 11.5 Å². The number of H-pyrrole nitrogens is 1. The molecule has 0 bridgehead atoms. The van der Waals surface area contributed by atoms with Crippen LogP contribution in [0.1, 0.15) is 28.9 Å². The van der Waals surface area contributed by atoms with E-state index in [1.807, 2.05) is 31.2 Å². The fourth-order valence-corrected chi connectivity index (χ4v) is 2.94. The number of aromatic nitrogens is 5. The van der Waals surface area contributed by atoms with Gasteiger partial charge in [0, 0.05) is 25.1 Å². The minimum Gasteiger partial charge on any atom is -0.362 e. The number of pyridine rings is 1. The Bertz CT molecular complexity index is 1230. The van der Waals surface area contributed by atoms with Crippen molar-refractivity contribution in [3.8, 4) is 0 Å². The minimum atomic E-state index is -0.262. The number of anilines is 2. The second-order valence-electron chi connectivity index (χ2n) is 6.60. The Morgan fingerprint density at radius 2 is 2.07 bits per heavy atom. The summed E-state index contributed by atoms with van der Waals surface area (Å²) in [5.74, 6) is 0.324. The van der Waals surface area contributed by atoms with Crippen LogP contribution in [-0.2, 0) is 7.05 Å². The highest BCUT2D eigenvalue weighted by Crippen LogP contribution is 2.21. The Kier molecular flexibility index (Phi) is 4.78. The third-order valence-electron chi connectivity index (χ3n) is 4.53. The van der Waals surface area contributed by atoms with Crippen molar-refractivity contribution in [3.05, 3.63) is 76.6 Å². The number of carbonyl (C=O) groups excluding carboxylic acids is 1. The van der Waals surface area contributed by atoms with Gasteiger partial charge in [-0.3, -0.25) is 19.3 Å². The van der Waals surface area contributed by atoms with Gasteiger partial charge in [0.1, 0.15) is 5.82 Å². The maximum atomic E-state index is 12.3. The van der Waals surface area contributed by atoms with Gasteiger partial charge in [-0.25, -0.2) is 14.8 Å². The largest absolute Gasteiger partial charge is 0.362 e. The van der Waals surface area contributed by atoms with E-state index in [1.165, 1.54) is 10.8 Å². The second-order valence-corrected chi connectivity index (χ2v) is 6.60. The lowest BCUT2D eigenvalue weighted by atomic mass is 10.1. The monoisotopic (exact) mass is 389 g/mol. The predicted octanol–water partition coefficient (Wildman–Crippen LogP) is 2.48. The SMILES string of the molecule is C[C@H](Nc1cnc2[nH]c(=O)n(C)c2n1)c1cccc(NC(=O)c2cccnc2)c1. The lowest BCUT2D eigenvalue weighted by Crippen LogP contribution is -2.14. The first-order valence-electron chi connectivity index (χ1n) is 9.01. The topological polar surface area (TPSA) is 118 Å². The molecule has 0 radical (unpaired) electrons. The number of hydrogen-bond donors (Lipinski definition) is 3. The number of benzene rings is 1. The van der Waals surface area contributed by atoms with Crippen LogP contribution >= 0.6 is 0 Å². The maximum absolute atomic E-state index is 12.3. The van der Waals surface area contributed by atoms with E-state index in [2.05, 4.69) is 30.6 Å². The van der Waals surface area contributed by atoms with Crippen molar-refractivity contribution < 1.29 is 4.79 Å². The first-order valence-corrected chi connectivity index (χ1v) is 9.01. The molecular weight excluding hydrogens is 370 g/mol. The van der Waals surface area contributed by atoms with Crippen LogP contribution in [0.3, 0.4) is 0 Å². The molecule has 1 atom stereocenters. The second kappa shape index (κ2) is 7.55. The fraction of sp³-hybridized carbons (Fsp3) is 0.150. The molecule has 4 aromatic rings. The zero-order valence-electron chi connectivity index (χ0n) is 15.9. The van der Waals surface area contributed by atoms with E-state index in [0.29, 0.717) is 28.4 Å². The number of imidazole rings is 1. The number of fused-ring (bicyclic) bond motifs is 1. The molecule has 0 aliphatic rings. The number of hydrogen-bond acceptors (Lipinski definition) is 6. The molecular formula is C20H19N7O2. The van der Waals surface area contributed by atoms with E-state index in [9.17, 15) is 9.59 Å². The number of aromatic amines is 1. The molecule has 3 N–H and O–H groups in total. The Morgan fingerprint density at radius 1 is 1.21 bits per heavy atom. The number of carbonyl (C=O) groups is 1. The van der Waals surface area contributed by atoms with E-state index in [1.54, 1.807) is 31.6 Å². The molecule has 0 saturated heterocycles. The van der Waals surface area contributed by atoms with Crippen LogP contribution in [-0.4, -0.2) is 30.4 Å². The first kappa shape index (κ1) is 18.4. The van der Waals surface area contributed by atoms with E-state index < -0.39 is 0 Å². The van der Waals surface area contributed by atoms with Crippen LogP contribution in [0.25, 0.3) is 11.3 Å². The Labute approximate surface area is 165 Å². The molecule has 1 aromatic carbocycles. The molecule has 0 fully saturated rings. The van der Waals surface area contributed by atoms with Crippen molar-refractivity contribution in [1.82, 2.24) is 24.5 Å². The standard InChI is InChI=1S/C20H19N7O2/c1-12(23-16-11-22-17-18(25-16)27(2)20(29)26-17)13-5-3-7-15(9-13)24-19(28)14-6-4-8-21-10-14/h3-12H,1-2H3,(H,23,25)(H,24,28)(H,22,26,29)/t12-/m0/s1. The summed E-state index contributed by atoms with van der Waals surface area (Å²) in [7, 11) is 1.64. The molecule has 0 spiro atoms. The molecule has 1 amide bonds. The molecule has 0 aliphatic carbocycles. The zero-order valence-corrected chi connectivity index (χ0v) is 15.9. The van der Waals surface area contributed by atoms with Crippen molar-refractivity contribution >= 4 is 28.7 Å². The molecule has 146 valence electrons. The van der Waals surface area contributed by atoms with E-state index in [4.69, 9.17) is 0 Å². The summed E-state index contributed by atoms with van der Waals surface area (Å²) in [4.78, 5) is 39.3. The van der Waals surface area contributed by atoms with Gasteiger partial charge >= 0.3 is 5.69 Å². The normalized spacial score (nSPS) is 11.9. The summed E-state index contributed by atoms with van der Waals surface area (Å²) >= 11 is 0. The molecule has 0 unspecified atom stereocenters. The number of nitrogens with zero attached hydrogens (tertiary/aromatic N) is 4. The molecule has 0 saturated carbocycles. The highest BCUT2D eigenvalue weighted by atomic mass is 16.2. The third-order valence-corrected chi connectivity index (χ3v) is 4.53. The molecule has 0 aliphatic heterocycles. The molecule has 9 nitrogen and oxygen atoms in total. The average molecular weight is 389 g/mol. The van der Waals surface area contributed by atoms with Crippen LogP contribution in [0, 0.1) is 0 Å². The van der Waals surface area contributed by atoms with Gasteiger partial charge in [-0.1, -0.05) is 12.1 Å². The van der Waals surface area contributed by atoms with Gasteiger partial charge in [0.25, 0.3) is 5.91 Å². The number of nitrogens with one attached hydrogen (secondary N) is 3. The van der Waals surface area contributed by atoms with E-state index in [-0.39, 0.29) is 17.6 Å². The van der Waals surface area contributed by atoms with Crippen LogP contribution in [0.2, 0.25) is 0 Å². The van der Waals surface area contributed by atoms with Crippen LogP contribution in [0.15, 0.2) is 59.8 Å². The first-order chi connectivity index (χ1) is 14.0. The number of aryl methyl sites for hydroxylation is 1. The van der Waals surface area contributed by atoms with Gasteiger partial charge in [0.15, 0.2) is 11.3 Å². The van der Waals surface area contributed by atoms with Gasteiger partial charge in [-0.05, 0) is 36.8 Å². The average Bonchev–Trinajstić information content (AvgIpc) is 3.02. The van der Waals surface area contributed by atoms with Crippen molar-refractivity contribution in [3.63, 3.8) is 0 Å². The lowest BCUT2D eigenvalue weighted by molar-refractivity contribution is 0.102. The summed E-state index contributed by atoms with van der Waals surface area (Å²) in [6.45, 7) is 1.98. The van der Waals surface area contributed by atoms with Gasteiger partial charge in [0.05, 0.1) is 17.8 Å². The van der Waals surface area contributed by atoms with E-state index >= 15 is 0 Å². The Hall–Kier alpha value is -4.01. The fourth-order valence-electron chi connectivity index (χ4n) is 2.94. The predicted molar refractivity (Wildman–Crippen MR) is 110 cm³/mol. The van der Waals surface area contributed by atoms with Crippen molar-refractivity contribution in [2.75, 3.05) is 10.6 Å². The maximum Gasteiger partial charge on any atom is 0.328 e. The summed E-state index contributed by atoms with van der Waals surface area (Å²) in [6.07, 6.45) is 4.71. The highest BCUT2D eigenvalue weighted by molar-refractivity contribution is 6.04. The van der Waals surface area contributed by atoms with E-state index in [0.717, 1.165) is 5.56 Å². The molecule has 29 heavy (non-hydrogen) atoms. The number of rotatable bonds is 5. The van der Waals surface area contributed by atoms with Gasteiger partial charge < -0.3 is 10.6 Å². The van der Waals surface area contributed by atoms with Crippen molar-refractivity contribution in [2.24, 2.45) is 7.05 Å². The quantitative estimate of drug-likeness (QED) is 0.483. The van der Waals surface area contributed by atoms with Crippen LogP contribution in [0.5, 0.6) is 0 Å². The number of amides is 1. The summed E-state index contributed by atoms with van der Waals surface area (Å²) in [5.41, 5.74) is 2.78. The van der Waals surface area contributed by atoms with Gasteiger partial charge in [-0.15, -0.1) is 0 Å². The van der Waals surface area contributed by atoms with Gasteiger partial charge in [-0.2, -0.15) is 0 Å². The zero-order chi connectivity index (χ0) is 20.4. The minimum absolute atomic E-state index is 0.104. The summed E-state index contributed by atoms with van der Waals surface area (Å²) in [5, 5.41) is 6.15. The Morgan fingerprint density at radius 3 is 2.86 bits per heavy atom.